The minimum absolute atomic E-state index is 0.385. The Bertz CT molecular complexity index is 391. The van der Waals surface area contributed by atoms with Crippen molar-refractivity contribution in [1.82, 2.24) is 0 Å². The van der Waals surface area contributed by atoms with E-state index in [9.17, 15) is 5.11 Å². The molecule has 0 aromatic heterocycles. The maximum atomic E-state index is 9.40. The Balaban J connectivity index is 3.14. The summed E-state index contributed by atoms with van der Waals surface area (Å²) in [5.74, 6) is 0. The van der Waals surface area contributed by atoms with Crippen LogP contribution in [-0.2, 0) is 0 Å². The smallest absolute Gasteiger partial charge is 0.106 e. The fourth-order valence-corrected chi connectivity index (χ4v) is 2.02. The number of para-hydroxylation sites is 1. The Kier molecular flexibility index (Phi) is 4.26. The molecule has 3 N–H and O–H groups in total. The standard InChI is InChI=1S/C12H18N2OS/c1-8-5-4-6-10(12(13)16)11(8)14(3)7-9(2)15/h4-6,9,15H,7H2,1-3H3,(H2,13,16). The molecule has 0 saturated carbocycles. The van der Waals surface area contributed by atoms with Crippen LogP contribution in [0, 0.1) is 6.92 Å². The van der Waals surface area contributed by atoms with Crippen LogP contribution in [0.3, 0.4) is 0 Å². The first-order valence-electron chi connectivity index (χ1n) is 5.22. The van der Waals surface area contributed by atoms with Gasteiger partial charge in [-0.25, -0.2) is 0 Å². The Morgan fingerprint density at radius 1 is 1.56 bits per heavy atom. The van der Waals surface area contributed by atoms with Crippen LogP contribution in [0.15, 0.2) is 18.2 Å². The largest absolute Gasteiger partial charge is 0.392 e. The number of aryl methyl sites for hydroxylation is 1. The zero-order valence-electron chi connectivity index (χ0n) is 9.90. The van der Waals surface area contributed by atoms with Crippen molar-refractivity contribution in [3.63, 3.8) is 0 Å². The van der Waals surface area contributed by atoms with E-state index in [1.165, 1.54) is 0 Å². The zero-order chi connectivity index (χ0) is 12.3. The first-order chi connectivity index (χ1) is 7.43. The average molecular weight is 238 g/mol. The molecule has 0 bridgehead atoms. The summed E-state index contributed by atoms with van der Waals surface area (Å²) >= 11 is 5.03. The topological polar surface area (TPSA) is 49.5 Å². The molecule has 1 unspecified atom stereocenters. The molecule has 0 amide bonds. The number of hydrogen-bond donors (Lipinski definition) is 2. The van der Waals surface area contributed by atoms with Crippen molar-refractivity contribution >= 4 is 22.9 Å². The van der Waals surface area contributed by atoms with Gasteiger partial charge in [0.15, 0.2) is 0 Å². The molecule has 16 heavy (non-hydrogen) atoms. The lowest BCUT2D eigenvalue weighted by Gasteiger charge is -2.25. The maximum Gasteiger partial charge on any atom is 0.106 e. The van der Waals surface area contributed by atoms with E-state index in [-0.39, 0.29) is 6.10 Å². The summed E-state index contributed by atoms with van der Waals surface area (Å²) < 4.78 is 0. The molecule has 88 valence electrons. The maximum absolute atomic E-state index is 9.40. The lowest BCUT2D eigenvalue weighted by molar-refractivity contribution is 0.201. The predicted molar refractivity (Wildman–Crippen MR) is 72.0 cm³/mol. The molecule has 0 spiro atoms. The van der Waals surface area contributed by atoms with Crippen molar-refractivity contribution < 1.29 is 5.11 Å². The molecule has 0 radical (unpaired) electrons. The quantitative estimate of drug-likeness (QED) is 0.780. The second-order valence-electron chi connectivity index (χ2n) is 4.06. The van der Waals surface area contributed by atoms with E-state index in [4.69, 9.17) is 18.0 Å². The van der Waals surface area contributed by atoms with Crippen molar-refractivity contribution in [1.29, 1.82) is 0 Å². The Morgan fingerprint density at radius 3 is 2.69 bits per heavy atom. The van der Waals surface area contributed by atoms with Gasteiger partial charge in [-0.3, -0.25) is 0 Å². The lowest BCUT2D eigenvalue weighted by Crippen LogP contribution is -2.29. The molecule has 1 aromatic rings. The van der Waals surface area contributed by atoms with Gasteiger partial charge in [-0.2, -0.15) is 0 Å². The molecule has 1 atom stereocenters. The fraction of sp³-hybridized carbons (Fsp3) is 0.417. The number of likely N-dealkylation sites (N-methyl/N-ethyl adjacent to an activating group) is 1. The second kappa shape index (κ2) is 5.27. The van der Waals surface area contributed by atoms with Crippen molar-refractivity contribution in [3.05, 3.63) is 29.3 Å². The van der Waals surface area contributed by atoms with Gasteiger partial charge in [-0.05, 0) is 25.5 Å². The van der Waals surface area contributed by atoms with Gasteiger partial charge >= 0.3 is 0 Å². The number of thiocarbonyl (C=S) groups is 1. The highest BCUT2D eigenvalue weighted by atomic mass is 32.1. The highest BCUT2D eigenvalue weighted by molar-refractivity contribution is 7.80. The van der Waals surface area contributed by atoms with E-state index >= 15 is 0 Å². The molecule has 3 nitrogen and oxygen atoms in total. The van der Waals surface area contributed by atoms with Crippen LogP contribution in [0.4, 0.5) is 5.69 Å². The third-order valence-corrected chi connectivity index (χ3v) is 2.64. The highest BCUT2D eigenvalue weighted by Crippen LogP contribution is 2.24. The minimum atomic E-state index is -0.385. The average Bonchev–Trinajstić information content (AvgIpc) is 2.15. The molecule has 0 saturated heterocycles. The van der Waals surface area contributed by atoms with Gasteiger partial charge in [0, 0.05) is 24.8 Å². The monoisotopic (exact) mass is 238 g/mol. The first-order valence-corrected chi connectivity index (χ1v) is 5.63. The summed E-state index contributed by atoms with van der Waals surface area (Å²) in [5.41, 5.74) is 8.65. The minimum Gasteiger partial charge on any atom is -0.392 e. The van der Waals surface area contributed by atoms with Crippen LogP contribution in [0.25, 0.3) is 0 Å². The van der Waals surface area contributed by atoms with Crippen LogP contribution < -0.4 is 10.6 Å². The van der Waals surface area contributed by atoms with Gasteiger partial charge in [0.05, 0.1) is 6.10 Å². The SMILES string of the molecule is Cc1cccc(C(N)=S)c1N(C)CC(C)O. The van der Waals surface area contributed by atoms with Gasteiger partial charge < -0.3 is 15.7 Å². The fourth-order valence-electron chi connectivity index (χ4n) is 1.85. The van der Waals surface area contributed by atoms with E-state index in [1.54, 1.807) is 6.92 Å². The van der Waals surface area contributed by atoms with Crippen LogP contribution >= 0.6 is 12.2 Å². The van der Waals surface area contributed by atoms with Crippen molar-refractivity contribution in [3.8, 4) is 0 Å². The Labute approximate surface area is 102 Å². The number of nitrogens with two attached hydrogens (primary N) is 1. The van der Waals surface area contributed by atoms with Crippen molar-refractivity contribution in [2.24, 2.45) is 5.73 Å². The second-order valence-corrected chi connectivity index (χ2v) is 4.50. The molecular weight excluding hydrogens is 220 g/mol. The van der Waals surface area contributed by atoms with E-state index in [2.05, 4.69) is 0 Å². The first kappa shape index (κ1) is 12.9. The van der Waals surface area contributed by atoms with E-state index in [0.29, 0.717) is 11.5 Å². The van der Waals surface area contributed by atoms with E-state index < -0.39 is 0 Å². The lowest BCUT2D eigenvalue weighted by atomic mass is 10.1. The van der Waals surface area contributed by atoms with Gasteiger partial charge in [-0.15, -0.1) is 0 Å². The van der Waals surface area contributed by atoms with Crippen LogP contribution in [0.2, 0.25) is 0 Å². The zero-order valence-corrected chi connectivity index (χ0v) is 10.7. The number of aliphatic hydroxyl groups excluding tert-OH is 1. The number of rotatable bonds is 4. The molecular formula is C12H18N2OS. The molecule has 0 aliphatic heterocycles. The van der Waals surface area contributed by atoms with Gasteiger partial charge in [0.2, 0.25) is 0 Å². The van der Waals surface area contributed by atoms with Crippen LogP contribution in [-0.4, -0.2) is 29.8 Å². The molecule has 1 aromatic carbocycles. The van der Waals surface area contributed by atoms with Gasteiger partial charge in [0.25, 0.3) is 0 Å². The Hall–Kier alpha value is -1.13. The number of hydrogen-bond acceptors (Lipinski definition) is 3. The summed E-state index contributed by atoms with van der Waals surface area (Å²) in [7, 11) is 1.93. The predicted octanol–water partition coefficient (Wildman–Crippen LogP) is 1.45. The molecule has 0 aliphatic rings. The Morgan fingerprint density at radius 2 is 2.19 bits per heavy atom. The summed E-state index contributed by atoms with van der Waals surface area (Å²) in [5, 5.41) is 9.40. The third-order valence-electron chi connectivity index (χ3n) is 2.42. The number of aliphatic hydroxyl groups is 1. The number of anilines is 1. The summed E-state index contributed by atoms with van der Waals surface area (Å²) in [4.78, 5) is 2.37. The molecule has 0 heterocycles. The third kappa shape index (κ3) is 2.93. The molecule has 1 rings (SSSR count). The van der Waals surface area contributed by atoms with E-state index in [0.717, 1.165) is 16.8 Å². The summed E-state index contributed by atoms with van der Waals surface area (Å²) in [6, 6.07) is 5.85. The van der Waals surface area contributed by atoms with Gasteiger partial charge in [-0.1, -0.05) is 24.4 Å². The normalized spacial score (nSPS) is 12.2. The van der Waals surface area contributed by atoms with Gasteiger partial charge in [0.1, 0.15) is 4.99 Å². The number of nitrogens with zero attached hydrogens (tertiary/aromatic N) is 1. The van der Waals surface area contributed by atoms with Crippen molar-refractivity contribution in [2.45, 2.75) is 20.0 Å². The molecule has 0 aliphatic carbocycles. The van der Waals surface area contributed by atoms with Crippen LogP contribution in [0.1, 0.15) is 18.1 Å². The van der Waals surface area contributed by atoms with Crippen LogP contribution in [0.5, 0.6) is 0 Å². The van der Waals surface area contributed by atoms with E-state index in [1.807, 2.05) is 37.1 Å². The summed E-state index contributed by atoms with van der Waals surface area (Å²) in [6.45, 7) is 4.32. The van der Waals surface area contributed by atoms with Crippen molar-refractivity contribution in [2.75, 3.05) is 18.5 Å². The molecule has 4 heteroatoms. The molecule has 0 fully saturated rings. The highest BCUT2D eigenvalue weighted by Gasteiger charge is 2.13. The number of benzene rings is 1. The summed E-state index contributed by atoms with van der Waals surface area (Å²) in [6.07, 6.45) is -0.385.